The fraction of sp³-hybridized carbons (Fsp3) is 0.200. The summed E-state index contributed by atoms with van der Waals surface area (Å²) in [5.74, 6) is 0. The van der Waals surface area contributed by atoms with Crippen LogP contribution in [0.25, 0.3) is 32.9 Å². The van der Waals surface area contributed by atoms with Gasteiger partial charge in [-0.1, -0.05) is 39.0 Å². The lowest BCUT2D eigenvalue weighted by Gasteiger charge is -2.17. The molecular formula is C20H18IN3. The number of fused-ring (bicyclic) bond motifs is 3. The normalized spacial score (nSPS) is 12.2. The Labute approximate surface area is 155 Å². The van der Waals surface area contributed by atoms with Gasteiger partial charge in [-0.05, 0) is 23.8 Å². The average molecular weight is 427 g/mol. The summed E-state index contributed by atoms with van der Waals surface area (Å²) >= 11 is 2.36. The molecule has 0 saturated carbocycles. The SMILES string of the molecule is CC(C)(C)c1ccc(-c2ccc3c4cnccc4n(I)c3c2)cn1. The Morgan fingerprint density at radius 2 is 1.67 bits per heavy atom. The molecule has 0 aliphatic carbocycles. The molecule has 120 valence electrons. The predicted molar refractivity (Wildman–Crippen MR) is 109 cm³/mol. The largest absolute Gasteiger partial charge is 0.282 e. The van der Waals surface area contributed by atoms with E-state index in [4.69, 9.17) is 0 Å². The minimum atomic E-state index is 0.0735. The lowest BCUT2D eigenvalue weighted by atomic mass is 9.91. The highest BCUT2D eigenvalue weighted by atomic mass is 127. The third-order valence-corrected chi connectivity index (χ3v) is 5.41. The lowest BCUT2D eigenvalue weighted by Crippen LogP contribution is -2.12. The summed E-state index contributed by atoms with van der Waals surface area (Å²) in [6.07, 6.45) is 5.75. The summed E-state index contributed by atoms with van der Waals surface area (Å²) in [6, 6.07) is 12.9. The van der Waals surface area contributed by atoms with Gasteiger partial charge in [-0.15, -0.1) is 0 Å². The van der Waals surface area contributed by atoms with Crippen molar-refractivity contribution in [2.24, 2.45) is 0 Å². The van der Waals surface area contributed by atoms with Crippen LogP contribution in [0.3, 0.4) is 0 Å². The molecule has 3 heterocycles. The third kappa shape index (κ3) is 2.49. The Morgan fingerprint density at radius 1 is 0.875 bits per heavy atom. The van der Waals surface area contributed by atoms with Crippen LogP contribution in [0.5, 0.6) is 0 Å². The molecule has 0 N–H and O–H groups in total. The zero-order valence-corrected chi connectivity index (χ0v) is 16.1. The highest BCUT2D eigenvalue weighted by Gasteiger charge is 2.15. The molecule has 0 unspecified atom stereocenters. The Kier molecular flexibility index (Phi) is 3.60. The third-order valence-electron chi connectivity index (χ3n) is 4.37. The molecule has 0 atom stereocenters. The van der Waals surface area contributed by atoms with E-state index in [9.17, 15) is 0 Å². The summed E-state index contributed by atoms with van der Waals surface area (Å²) in [6.45, 7) is 6.55. The van der Waals surface area contributed by atoms with Crippen molar-refractivity contribution in [1.82, 2.24) is 12.7 Å². The van der Waals surface area contributed by atoms with Crippen molar-refractivity contribution in [2.75, 3.05) is 0 Å². The molecule has 3 aromatic heterocycles. The van der Waals surface area contributed by atoms with Crippen LogP contribution in [0.15, 0.2) is 55.0 Å². The zero-order chi connectivity index (χ0) is 16.9. The molecule has 0 radical (unpaired) electrons. The first kappa shape index (κ1) is 15.6. The molecule has 0 amide bonds. The van der Waals surface area contributed by atoms with Crippen LogP contribution in [0.1, 0.15) is 26.5 Å². The Morgan fingerprint density at radius 3 is 2.38 bits per heavy atom. The fourth-order valence-corrected chi connectivity index (χ4v) is 3.83. The van der Waals surface area contributed by atoms with E-state index in [1.165, 1.54) is 27.4 Å². The first-order chi connectivity index (χ1) is 11.4. The highest BCUT2D eigenvalue weighted by Crippen LogP contribution is 2.33. The summed E-state index contributed by atoms with van der Waals surface area (Å²) in [5.41, 5.74) is 5.91. The van der Waals surface area contributed by atoms with E-state index in [1.54, 1.807) is 0 Å². The van der Waals surface area contributed by atoms with E-state index in [0.717, 1.165) is 11.3 Å². The molecule has 0 saturated heterocycles. The number of halogens is 1. The van der Waals surface area contributed by atoms with E-state index in [0.29, 0.717) is 0 Å². The summed E-state index contributed by atoms with van der Waals surface area (Å²) in [7, 11) is 0. The highest BCUT2D eigenvalue weighted by molar-refractivity contribution is 14.1. The molecular weight excluding hydrogens is 409 g/mol. The minimum Gasteiger partial charge on any atom is -0.282 e. The Bertz CT molecular complexity index is 1040. The molecule has 1 aromatic carbocycles. The fourth-order valence-electron chi connectivity index (χ4n) is 3.01. The molecule has 0 bridgehead atoms. The maximum atomic E-state index is 4.65. The van der Waals surface area contributed by atoms with Crippen LogP contribution >= 0.6 is 22.9 Å². The van der Waals surface area contributed by atoms with Gasteiger partial charge in [0.1, 0.15) is 0 Å². The number of pyridine rings is 2. The maximum Gasteiger partial charge on any atom is 0.0646 e. The first-order valence-corrected chi connectivity index (χ1v) is 8.93. The van der Waals surface area contributed by atoms with E-state index in [-0.39, 0.29) is 5.41 Å². The second-order valence-electron chi connectivity index (χ2n) is 7.09. The van der Waals surface area contributed by atoms with Crippen molar-refractivity contribution in [3.63, 3.8) is 0 Å². The van der Waals surface area contributed by atoms with Crippen molar-refractivity contribution in [3.05, 3.63) is 60.7 Å². The van der Waals surface area contributed by atoms with Crippen molar-refractivity contribution in [2.45, 2.75) is 26.2 Å². The zero-order valence-electron chi connectivity index (χ0n) is 13.9. The number of aromatic nitrogens is 3. The Balaban J connectivity index is 1.86. The molecule has 4 aromatic rings. The van der Waals surface area contributed by atoms with Crippen LogP contribution in [-0.2, 0) is 5.41 Å². The van der Waals surface area contributed by atoms with Gasteiger partial charge in [0, 0.05) is 46.0 Å². The molecule has 3 nitrogen and oxygen atoms in total. The Hall–Kier alpha value is -1.95. The summed E-state index contributed by atoms with van der Waals surface area (Å²) < 4.78 is 2.20. The topological polar surface area (TPSA) is 30.7 Å². The molecule has 0 fully saturated rings. The van der Waals surface area contributed by atoms with Gasteiger partial charge in [0.2, 0.25) is 0 Å². The monoisotopic (exact) mass is 427 g/mol. The van der Waals surface area contributed by atoms with Gasteiger partial charge < -0.3 is 0 Å². The predicted octanol–water partition coefficient (Wildman–Crippen LogP) is 5.75. The van der Waals surface area contributed by atoms with Crippen molar-refractivity contribution >= 4 is 44.7 Å². The van der Waals surface area contributed by atoms with Gasteiger partial charge in [0.05, 0.1) is 33.9 Å². The summed E-state index contributed by atoms with van der Waals surface area (Å²) in [4.78, 5) is 8.92. The first-order valence-electron chi connectivity index (χ1n) is 7.96. The lowest BCUT2D eigenvalue weighted by molar-refractivity contribution is 0.569. The molecule has 0 aliphatic heterocycles. The van der Waals surface area contributed by atoms with Crippen LogP contribution in [0.2, 0.25) is 0 Å². The van der Waals surface area contributed by atoms with Crippen LogP contribution in [0, 0.1) is 0 Å². The molecule has 4 heteroatoms. The molecule has 0 spiro atoms. The molecule has 4 rings (SSSR count). The summed E-state index contributed by atoms with van der Waals surface area (Å²) in [5, 5.41) is 2.42. The van der Waals surface area contributed by atoms with Gasteiger partial charge >= 0.3 is 0 Å². The number of rotatable bonds is 1. The molecule has 0 aliphatic rings. The van der Waals surface area contributed by atoms with Crippen molar-refractivity contribution in [1.29, 1.82) is 0 Å². The average Bonchev–Trinajstić information content (AvgIpc) is 2.87. The van der Waals surface area contributed by atoms with E-state index in [2.05, 4.69) is 92.8 Å². The standard InChI is InChI=1S/C20H18IN3/c1-20(2,3)19-7-5-14(11-23-19)13-4-6-15-16-12-22-9-8-17(16)24(21)18(15)10-13/h4-12H,1-3H3. The number of benzene rings is 1. The van der Waals surface area contributed by atoms with Gasteiger partial charge in [0.15, 0.2) is 0 Å². The smallest absolute Gasteiger partial charge is 0.0646 e. The van der Waals surface area contributed by atoms with Crippen LogP contribution in [0.4, 0.5) is 0 Å². The second kappa shape index (κ2) is 5.55. The van der Waals surface area contributed by atoms with Gasteiger partial charge in [-0.25, -0.2) is 0 Å². The van der Waals surface area contributed by atoms with Gasteiger partial charge in [-0.3, -0.25) is 12.7 Å². The number of hydrogen-bond acceptors (Lipinski definition) is 2. The second-order valence-corrected chi connectivity index (χ2v) is 8.05. The van der Waals surface area contributed by atoms with Crippen molar-refractivity contribution in [3.8, 4) is 11.1 Å². The van der Waals surface area contributed by atoms with E-state index in [1.807, 2.05) is 18.6 Å². The van der Waals surface area contributed by atoms with Crippen LogP contribution < -0.4 is 0 Å². The minimum absolute atomic E-state index is 0.0735. The van der Waals surface area contributed by atoms with E-state index < -0.39 is 0 Å². The van der Waals surface area contributed by atoms with Gasteiger partial charge in [-0.2, -0.15) is 0 Å². The number of nitrogens with zero attached hydrogens (tertiary/aromatic N) is 3. The van der Waals surface area contributed by atoms with E-state index >= 15 is 0 Å². The molecule has 24 heavy (non-hydrogen) atoms. The maximum absolute atomic E-state index is 4.65. The number of hydrogen-bond donors (Lipinski definition) is 0. The quantitative estimate of drug-likeness (QED) is 0.363. The van der Waals surface area contributed by atoms with Crippen molar-refractivity contribution < 1.29 is 0 Å². The van der Waals surface area contributed by atoms with Crippen LogP contribution in [-0.4, -0.2) is 12.7 Å². The van der Waals surface area contributed by atoms with Gasteiger partial charge in [0.25, 0.3) is 0 Å².